The third-order valence-electron chi connectivity index (χ3n) is 4.63. The van der Waals surface area contributed by atoms with Gasteiger partial charge < -0.3 is 4.74 Å². The molecule has 2 aliphatic heterocycles. The normalized spacial score (nSPS) is 22.3. The van der Waals surface area contributed by atoms with Crippen molar-refractivity contribution < 1.29 is 4.74 Å². The molecule has 2 aliphatic rings. The zero-order chi connectivity index (χ0) is 15.6. The second-order valence-electron chi connectivity index (χ2n) is 6.25. The van der Waals surface area contributed by atoms with Crippen LogP contribution < -0.4 is 4.74 Å². The molecule has 2 aromatic rings. The molecule has 0 aliphatic carbocycles. The number of hydrogen-bond donors (Lipinski definition) is 0. The smallest absolute Gasteiger partial charge is 0.120 e. The molecule has 0 amide bonds. The Morgan fingerprint density at radius 2 is 2.00 bits per heavy atom. The fourth-order valence-corrected chi connectivity index (χ4v) is 3.53. The number of rotatable bonds is 3. The zero-order valence-corrected chi connectivity index (χ0v) is 12.9. The van der Waals surface area contributed by atoms with Crippen LogP contribution in [0.4, 0.5) is 0 Å². The number of nitriles is 1. The standard InChI is InChI=1S/C20H18N2O/c21-13-15-6-9-18(12-20(15)14-4-2-1-3-5-14)23-19-10-16-7-8-17(11-19)22-16/h1-6,9,12,16,19H,7-8,10-11H2/t16-,19-/m0/s1. The van der Waals surface area contributed by atoms with Crippen LogP contribution in [0.3, 0.4) is 0 Å². The van der Waals surface area contributed by atoms with E-state index in [1.807, 2.05) is 48.5 Å². The van der Waals surface area contributed by atoms with Gasteiger partial charge in [-0.3, -0.25) is 4.99 Å². The summed E-state index contributed by atoms with van der Waals surface area (Å²) in [6, 6.07) is 18.5. The van der Waals surface area contributed by atoms with Crippen molar-refractivity contribution in [2.45, 2.75) is 37.8 Å². The van der Waals surface area contributed by atoms with Crippen LogP contribution in [-0.4, -0.2) is 17.9 Å². The van der Waals surface area contributed by atoms with Gasteiger partial charge in [-0.1, -0.05) is 30.3 Å². The molecule has 3 heteroatoms. The Balaban J connectivity index is 1.61. The summed E-state index contributed by atoms with van der Waals surface area (Å²) in [7, 11) is 0. The molecule has 2 atom stereocenters. The molecule has 23 heavy (non-hydrogen) atoms. The lowest BCUT2D eigenvalue weighted by atomic mass is 10.00. The Bertz CT molecular complexity index is 789. The van der Waals surface area contributed by atoms with Crippen LogP contribution in [0.5, 0.6) is 5.75 Å². The Morgan fingerprint density at radius 1 is 1.13 bits per heavy atom. The van der Waals surface area contributed by atoms with Crippen molar-refractivity contribution in [1.82, 2.24) is 0 Å². The second kappa shape index (κ2) is 5.89. The van der Waals surface area contributed by atoms with Crippen LogP contribution in [0.1, 0.15) is 31.2 Å². The van der Waals surface area contributed by atoms with Crippen LogP contribution >= 0.6 is 0 Å². The van der Waals surface area contributed by atoms with Gasteiger partial charge in [-0.2, -0.15) is 5.26 Å². The molecule has 0 radical (unpaired) electrons. The number of hydrogen-bond acceptors (Lipinski definition) is 3. The molecule has 0 unspecified atom stereocenters. The van der Waals surface area contributed by atoms with E-state index in [4.69, 9.17) is 4.74 Å². The molecule has 4 rings (SSSR count). The Kier molecular flexibility index (Phi) is 3.59. The summed E-state index contributed by atoms with van der Waals surface area (Å²) in [6.45, 7) is 0. The predicted octanol–water partition coefficient (Wildman–Crippen LogP) is 4.37. The third-order valence-corrected chi connectivity index (χ3v) is 4.63. The van der Waals surface area contributed by atoms with E-state index in [0.29, 0.717) is 11.6 Å². The number of nitrogens with zero attached hydrogens (tertiary/aromatic N) is 2. The molecule has 114 valence electrons. The first-order valence-electron chi connectivity index (χ1n) is 8.13. The van der Waals surface area contributed by atoms with Crippen molar-refractivity contribution in [3.63, 3.8) is 0 Å². The minimum atomic E-state index is 0.214. The van der Waals surface area contributed by atoms with Gasteiger partial charge in [0.05, 0.1) is 17.7 Å². The minimum absolute atomic E-state index is 0.214. The van der Waals surface area contributed by atoms with Crippen molar-refractivity contribution in [2.24, 2.45) is 4.99 Å². The zero-order valence-electron chi connectivity index (χ0n) is 12.9. The Hall–Kier alpha value is -2.60. The maximum Gasteiger partial charge on any atom is 0.120 e. The van der Waals surface area contributed by atoms with Gasteiger partial charge in [-0.25, -0.2) is 0 Å². The number of benzene rings is 2. The minimum Gasteiger partial charge on any atom is -0.490 e. The van der Waals surface area contributed by atoms with E-state index in [1.54, 1.807) is 0 Å². The lowest BCUT2D eigenvalue weighted by Gasteiger charge is -2.23. The topological polar surface area (TPSA) is 45.4 Å². The van der Waals surface area contributed by atoms with Crippen LogP contribution in [0.25, 0.3) is 11.1 Å². The van der Waals surface area contributed by atoms with E-state index in [0.717, 1.165) is 36.1 Å². The summed E-state index contributed by atoms with van der Waals surface area (Å²) in [5.41, 5.74) is 3.96. The molecular weight excluding hydrogens is 284 g/mol. The van der Waals surface area contributed by atoms with Gasteiger partial charge in [0.1, 0.15) is 11.9 Å². The van der Waals surface area contributed by atoms with E-state index in [9.17, 15) is 5.26 Å². The van der Waals surface area contributed by atoms with Crippen molar-refractivity contribution in [1.29, 1.82) is 5.26 Å². The monoisotopic (exact) mass is 302 g/mol. The highest BCUT2D eigenvalue weighted by Gasteiger charge is 2.30. The Labute approximate surface area is 136 Å². The molecule has 3 nitrogen and oxygen atoms in total. The third kappa shape index (κ3) is 2.85. The molecule has 0 aromatic heterocycles. The number of fused-ring (bicyclic) bond motifs is 1. The molecule has 0 fully saturated rings. The van der Waals surface area contributed by atoms with Gasteiger partial charge in [0.2, 0.25) is 0 Å². The quantitative estimate of drug-likeness (QED) is 0.845. The summed E-state index contributed by atoms with van der Waals surface area (Å²) in [6.07, 6.45) is 4.47. The first-order valence-corrected chi connectivity index (χ1v) is 8.13. The Morgan fingerprint density at radius 3 is 2.78 bits per heavy atom. The summed E-state index contributed by atoms with van der Waals surface area (Å²) in [5.74, 6) is 0.842. The number of ether oxygens (including phenoxy) is 1. The van der Waals surface area contributed by atoms with Crippen LogP contribution in [-0.2, 0) is 0 Å². The molecular formula is C20H18N2O. The summed E-state index contributed by atoms with van der Waals surface area (Å²) in [5, 5.41) is 9.36. The predicted molar refractivity (Wildman–Crippen MR) is 90.7 cm³/mol. The average Bonchev–Trinajstić information content (AvgIpc) is 2.94. The first kappa shape index (κ1) is 14.0. The largest absolute Gasteiger partial charge is 0.490 e. The highest BCUT2D eigenvalue weighted by atomic mass is 16.5. The van der Waals surface area contributed by atoms with Crippen LogP contribution in [0.15, 0.2) is 53.5 Å². The fourth-order valence-electron chi connectivity index (χ4n) is 3.53. The summed E-state index contributed by atoms with van der Waals surface area (Å²) < 4.78 is 6.21. The molecule has 0 N–H and O–H groups in total. The highest BCUT2D eigenvalue weighted by molar-refractivity contribution is 5.87. The van der Waals surface area contributed by atoms with Crippen molar-refractivity contribution in [2.75, 3.05) is 0 Å². The molecule has 0 saturated carbocycles. The van der Waals surface area contributed by atoms with Crippen LogP contribution in [0, 0.1) is 11.3 Å². The lowest BCUT2D eigenvalue weighted by Crippen LogP contribution is -2.26. The second-order valence-corrected chi connectivity index (χ2v) is 6.25. The van der Waals surface area contributed by atoms with Gasteiger partial charge in [-0.15, -0.1) is 0 Å². The summed E-state index contributed by atoms with van der Waals surface area (Å²) in [4.78, 5) is 4.67. The maximum absolute atomic E-state index is 9.36. The van der Waals surface area contributed by atoms with Gasteiger partial charge >= 0.3 is 0 Å². The van der Waals surface area contributed by atoms with E-state index in [1.165, 1.54) is 12.1 Å². The van der Waals surface area contributed by atoms with E-state index >= 15 is 0 Å². The van der Waals surface area contributed by atoms with E-state index < -0.39 is 0 Å². The van der Waals surface area contributed by atoms with Gasteiger partial charge in [-0.05, 0) is 36.6 Å². The molecule has 2 aromatic carbocycles. The summed E-state index contributed by atoms with van der Waals surface area (Å²) >= 11 is 0. The average molecular weight is 302 g/mol. The molecule has 2 heterocycles. The lowest BCUT2D eigenvalue weighted by molar-refractivity contribution is 0.187. The van der Waals surface area contributed by atoms with Crippen molar-refractivity contribution in [3.8, 4) is 22.9 Å². The van der Waals surface area contributed by atoms with Crippen molar-refractivity contribution >= 4 is 5.71 Å². The van der Waals surface area contributed by atoms with Crippen LogP contribution in [0.2, 0.25) is 0 Å². The molecule has 2 bridgehead atoms. The van der Waals surface area contributed by atoms with Gasteiger partial charge in [0.15, 0.2) is 0 Å². The van der Waals surface area contributed by atoms with E-state index in [2.05, 4.69) is 11.1 Å². The maximum atomic E-state index is 9.36. The van der Waals surface area contributed by atoms with Gasteiger partial charge in [0, 0.05) is 24.1 Å². The SMILES string of the molecule is N#Cc1ccc(O[C@@H]2CC3=N[C@@H](CC3)C2)cc1-c1ccccc1. The molecule has 0 saturated heterocycles. The first-order chi connectivity index (χ1) is 11.3. The van der Waals surface area contributed by atoms with Crippen molar-refractivity contribution in [3.05, 3.63) is 54.1 Å². The van der Waals surface area contributed by atoms with E-state index in [-0.39, 0.29) is 6.10 Å². The highest BCUT2D eigenvalue weighted by Crippen LogP contribution is 2.32. The van der Waals surface area contributed by atoms with Gasteiger partial charge in [0.25, 0.3) is 0 Å². The molecule has 0 spiro atoms. The fraction of sp³-hybridized carbons (Fsp3) is 0.300. The number of aliphatic imine (C=N–C) groups is 1.